The molecule has 1 aromatic carbocycles. The Hall–Kier alpha value is -1.46. The fourth-order valence-electron chi connectivity index (χ4n) is 1.78. The van der Waals surface area contributed by atoms with E-state index in [1.54, 1.807) is 6.07 Å². The number of morpholine rings is 1. The van der Waals surface area contributed by atoms with Crippen molar-refractivity contribution in [2.24, 2.45) is 0 Å². The summed E-state index contributed by atoms with van der Waals surface area (Å²) in [4.78, 5) is 12.1. The number of benzene rings is 1. The number of hydrogen-bond acceptors (Lipinski definition) is 4. The summed E-state index contributed by atoms with van der Waals surface area (Å²) in [6, 6.07) is 4.05. The van der Waals surface area contributed by atoms with Gasteiger partial charge in [0.1, 0.15) is 0 Å². The molecule has 1 aliphatic rings. The van der Waals surface area contributed by atoms with Crippen molar-refractivity contribution in [3.63, 3.8) is 0 Å². The summed E-state index contributed by atoms with van der Waals surface area (Å²) in [5, 5.41) is 3.00. The van der Waals surface area contributed by atoms with Crippen LogP contribution in [0.2, 0.25) is 0 Å². The van der Waals surface area contributed by atoms with E-state index < -0.39 is 11.9 Å². The topological polar surface area (TPSA) is 47.6 Å². The van der Waals surface area contributed by atoms with Crippen LogP contribution in [0.4, 0.5) is 4.39 Å². The number of rotatable bonds is 3. The quantitative estimate of drug-likeness (QED) is 0.800. The number of ether oxygens (including phenoxy) is 2. The molecule has 0 radical (unpaired) electrons. The smallest absolute Gasteiger partial charge is 0.185 e. The van der Waals surface area contributed by atoms with Gasteiger partial charge in [-0.1, -0.05) is 6.07 Å². The molecule has 1 unspecified atom stereocenters. The van der Waals surface area contributed by atoms with Gasteiger partial charge in [-0.15, -0.1) is 0 Å². The standard InChI is InChI=1S/C12H14FNO3/c1-16-10-4-2-3-8(11(10)13)12(15)9-7-17-6-5-14-9/h2-4,9,14H,5-7H2,1H3. The molecular weight excluding hydrogens is 225 g/mol. The molecule has 5 heteroatoms. The van der Waals surface area contributed by atoms with Crippen LogP contribution in [-0.4, -0.2) is 38.7 Å². The fraction of sp³-hybridized carbons (Fsp3) is 0.417. The van der Waals surface area contributed by atoms with Crippen molar-refractivity contribution in [1.82, 2.24) is 5.32 Å². The number of Topliss-reactive ketones (excluding diaryl/α,β-unsaturated/α-hetero) is 1. The van der Waals surface area contributed by atoms with E-state index in [-0.39, 0.29) is 23.7 Å². The lowest BCUT2D eigenvalue weighted by atomic mass is 10.0. The lowest BCUT2D eigenvalue weighted by Crippen LogP contribution is -2.46. The lowest BCUT2D eigenvalue weighted by Gasteiger charge is -2.22. The molecule has 1 heterocycles. The lowest BCUT2D eigenvalue weighted by molar-refractivity contribution is 0.0604. The van der Waals surface area contributed by atoms with Crippen LogP contribution in [0.3, 0.4) is 0 Å². The molecular formula is C12H14FNO3. The van der Waals surface area contributed by atoms with Crippen molar-refractivity contribution in [2.75, 3.05) is 26.9 Å². The Bertz CT molecular complexity index is 416. The van der Waals surface area contributed by atoms with E-state index in [4.69, 9.17) is 9.47 Å². The number of methoxy groups -OCH3 is 1. The van der Waals surface area contributed by atoms with Crippen molar-refractivity contribution in [2.45, 2.75) is 6.04 Å². The highest BCUT2D eigenvalue weighted by atomic mass is 19.1. The van der Waals surface area contributed by atoms with Gasteiger partial charge in [0.2, 0.25) is 0 Å². The van der Waals surface area contributed by atoms with Crippen molar-refractivity contribution in [1.29, 1.82) is 0 Å². The van der Waals surface area contributed by atoms with Crippen LogP contribution in [0.5, 0.6) is 5.75 Å². The second-order valence-corrected chi connectivity index (χ2v) is 3.77. The molecule has 0 aliphatic carbocycles. The van der Waals surface area contributed by atoms with Gasteiger partial charge in [0.05, 0.1) is 31.9 Å². The number of ketones is 1. The average Bonchev–Trinajstić information content (AvgIpc) is 2.39. The first-order valence-electron chi connectivity index (χ1n) is 5.42. The SMILES string of the molecule is COc1cccc(C(=O)C2COCCN2)c1F. The largest absolute Gasteiger partial charge is 0.494 e. The minimum absolute atomic E-state index is 0.0346. The first kappa shape index (κ1) is 12.0. The van der Waals surface area contributed by atoms with Gasteiger partial charge in [-0.3, -0.25) is 4.79 Å². The van der Waals surface area contributed by atoms with E-state index in [2.05, 4.69) is 5.32 Å². The minimum Gasteiger partial charge on any atom is -0.494 e. The van der Waals surface area contributed by atoms with Crippen LogP contribution in [0, 0.1) is 5.82 Å². The third kappa shape index (κ3) is 2.45. The van der Waals surface area contributed by atoms with Crippen LogP contribution < -0.4 is 10.1 Å². The molecule has 1 atom stereocenters. The van der Waals surface area contributed by atoms with E-state index in [0.717, 1.165) is 0 Å². The number of carbonyl (C=O) groups is 1. The Morgan fingerprint density at radius 2 is 2.41 bits per heavy atom. The molecule has 1 fully saturated rings. The third-order valence-electron chi connectivity index (χ3n) is 2.69. The normalized spacial score (nSPS) is 20.0. The van der Waals surface area contributed by atoms with Gasteiger partial charge in [-0.2, -0.15) is 0 Å². The van der Waals surface area contributed by atoms with E-state index in [9.17, 15) is 9.18 Å². The van der Waals surface area contributed by atoms with Crippen molar-refractivity contribution >= 4 is 5.78 Å². The Labute approximate surface area is 98.7 Å². The predicted octanol–water partition coefficient (Wildman–Crippen LogP) is 1.01. The first-order chi connectivity index (χ1) is 8.24. The maximum absolute atomic E-state index is 13.9. The minimum atomic E-state index is -0.618. The second-order valence-electron chi connectivity index (χ2n) is 3.77. The number of hydrogen-bond donors (Lipinski definition) is 1. The van der Waals surface area contributed by atoms with Crippen LogP contribution >= 0.6 is 0 Å². The Morgan fingerprint density at radius 3 is 3.06 bits per heavy atom. The maximum atomic E-state index is 13.9. The van der Waals surface area contributed by atoms with Gasteiger partial charge in [0.15, 0.2) is 17.3 Å². The summed E-state index contributed by atoms with van der Waals surface area (Å²) < 4.78 is 23.9. The molecule has 0 bridgehead atoms. The molecule has 17 heavy (non-hydrogen) atoms. The maximum Gasteiger partial charge on any atom is 0.185 e. The predicted molar refractivity (Wildman–Crippen MR) is 59.9 cm³/mol. The van der Waals surface area contributed by atoms with E-state index in [1.165, 1.54) is 19.2 Å². The van der Waals surface area contributed by atoms with Crippen molar-refractivity contribution in [3.05, 3.63) is 29.6 Å². The molecule has 2 rings (SSSR count). The molecule has 1 aliphatic heterocycles. The Balaban J connectivity index is 2.23. The van der Waals surface area contributed by atoms with Gasteiger partial charge >= 0.3 is 0 Å². The zero-order valence-electron chi connectivity index (χ0n) is 9.53. The molecule has 1 saturated heterocycles. The second kappa shape index (κ2) is 5.25. The fourth-order valence-corrected chi connectivity index (χ4v) is 1.78. The van der Waals surface area contributed by atoms with Gasteiger partial charge in [0, 0.05) is 6.54 Å². The third-order valence-corrected chi connectivity index (χ3v) is 2.69. The Morgan fingerprint density at radius 1 is 1.59 bits per heavy atom. The first-order valence-corrected chi connectivity index (χ1v) is 5.42. The summed E-state index contributed by atoms with van der Waals surface area (Å²) in [6.45, 7) is 1.45. The van der Waals surface area contributed by atoms with Gasteiger partial charge in [-0.25, -0.2) is 4.39 Å². The molecule has 0 saturated carbocycles. The molecule has 0 spiro atoms. The molecule has 1 N–H and O–H groups in total. The van der Waals surface area contributed by atoms with Gasteiger partial charge in [-0.05, 0) is 12.1 Å². The van der Waals surface area contributed by atoms with Crippen molar-refractivity contribution in [3.8, 4) is 5.75 Å². The molecule has 4 nitrogen and oxygen atoms in total. The van der Waals surface area contributed by atoms with E-state index in [1.807, 2.05) is 0 Å². The number of halogens is 1. The van der Waals surface area contributed by atoms with Crippen LogP contribution in [-0.2, 0) is 4.74 Å². The summed E-state index contributed by atoms with van der Waals surface area (Å²) in [7, 11) is 1.37. The van der Waals surface area contributed by atoms with Gasteiger partial charge in [0.25, 0.3) is 0 Å². The van der Waals surface area contributed by atoms with Crippen LogP contribution in [0.25, 0.3) is 0 Å². The highest BCUT2D eigenvalue weighted by molar-refractivity contribution is 6.00. The zero-order chi connectivity index (χ0) is 12.3. The van der Waals surface area contributed by atoms with Crippen molar-refractivity contribution < 1.29 is 18.7 Å². The monoisotopic (exact) mass is 239 g/mol. The summed E-state index contributed by atoms with van der Waals surface area (Å²) in [5.41, 5.74) is 0.0346. The summed E-state index contributed by atoms with van der Waals surface area (Å²) >= 11 is 0. The Kier molecular flexibility index (Phi) is 3.71. The number of carbonyl (C=O) groups excluding carboxylic acids is 1. The highest BCUT2D eigenvalue weighted by Gasteiger charge is 2.25. The zero-order valence-corrected chi connectivity index (χ0v) is 9.53. The van der Waals surface area contributed by atoms with Crippen LogP contribution in [0.15, 0.2) is 18.2 Å². The molecule has 1 aromatic rings. The van der Waals surface area contributed by atoms with Crippen LogP contribution in [0.1, 0.15) is 10.4 Å². The van der Waals surface area contributed by atoms with E-state index >= 15 is 0 Å². The summed E-state index contributed by atoms with van der Waals surface area (Å²) in [6.07, 6.45) is 0. The highest BCUT2D eigenvalue weighted by Crippen LogP contribution is 2.21. The van der Waals surface area contributed by atoms with E-state index in [0.29, 0.717) is 13.2 Å². The average molecular weight is 239 g/mol. The van der Waals surface area contributed by atoms with Gasteiger partial charge < -0.3 is 14.8 Å². The molecule has 0 aromatic heterocycles. The number of nitrogens with one attached hydrogen (secondary N) is 1. The molecule has 0 amide bonds. The molecule has 92 valence electrons. The summed E-state index contributed by atoms with van der Waals surface area (Å²) in [5.74, 6) is -0.846.